The number of hydrogen-bond donors (Lipinski definition) is 6. The molecule has 12 heteroatoms. The fraction of sp³-hybridized carbons (Fsp3) is 0.0909. The van der Waals surface area contributed by atoms with E-state index in [1.165, 1.54) is 0 Å². The second-order valence-electron chi connectivity index (χ2n) is 6.59. The third kappa shape index (κ3) is 10.9. The largest absolute Gasteiger partial charge is 0.481 e. The molecule has 34 heavy (non-hydrogen) atoms. The Morgan fingerprint density at radius 2 is 0.971 bits per heavy atom. The summed E-state index contributed by atoms with van der Waals surface area (Å²) in [6.07, 6.45) is 0. The molecule has 0 radical (unpaired) electrons. The van der Waals surface area contributed by atoms with Crippen molar-refractivity contribution in [2.24, 2.45) is 20.5 Å². The zero-order chi connectivity index (χ0) is 25.7. The Bertz CT molecular complexity index is 1100. The van der Waals surface area contributed by atoms with Crippen LogP contribution in [0, 0.1) is 0 Å². The van der Waals surface area contributed by atoms with Crippen LogP contribution in [0.4, 0.5) is 45.5 Å². The lowest BCUT2D eigenvalue weighted by molar-refractivity contribution is -0.135. The Morgan fingerprint density at radius 3 is 1.29 bits per heavy atom. The molecule has 3 aromatic carbocycles. The highest BCUT2D eigenvalue weighted by atomic mass is 16.4. The lowest BCUT2D eigenvalue weighted by Crippen LogP contribution is -1.89. The van der Waals surface area contributed by atoms with E-state index in [1.807, 2.05) is 0 Å². The maximum absolute atomic E-state index is 9.00. The third-order valence-corrected chi connectivity index (χ3v) is 3.48. The van der Waals surface area contributed by atoms with E-state index in [4.69, 9.17) is 42.7 Å². The molecule has 0 bridgehead atoms. The second-order valence-corrected chi connectivity index (χ2v) is 6.59. The molecule has 0 amide bonds. The summed E-state index contributed by atoms with van der Waals surface area (Å²) in [6.45, 7) is 2.17. The molecule has 0 atom stereocenters. The summed E-state index contributed by atoms with van der Waals surface area (Å²) in [7, 11) is 0. The molecule has 10 N–H and O–H groups in total. The minimum atomic E-state index is -0.833. The monoisotopic (exact) mass is 466 g/mol. The van der Waals surface area contributed by atoms with Crippen LogP contribution < -0.4 is 22.9 Å². The van der Waals surface area contributed by atoms with Gasteiger partial charge in [0.2, 0.25) is 0 Å². The number of carbonyl (C=O) groups is 2. The molecule has 0 saturated carbocycles. The van der Waals surface area contributed by atoms with Crippen LogP contribution in [0.2, 0.25) is 0 Å². The number of rotatable bonds is 4. The van der Waals surface area contributed by atoms with Crippen LogP contribution in [-0.4, -0.2) is 22.2 Å². The number of benzene rings is 3. The number of hydrogen-bond acceptors (Lipinski definition) is 10. The minimum absolute atomic E-state index is 0.461. The fourth-order valence-corrected chi connectivity index (χ4v) is 2.17. The molecule has 0 aliphatic rings. The summed E-state index contributed by atoms with van der Waals surface area (Å²) in [5.41, 5.74) is 27.4. The van der Waals surface area contributed by atoms with Gasteiger partial charge in [-0.05, 0) is 54.6 Å². The standard InChI is InChI=1S/C18H18N8.2C2H4O2/c19-11-4-6-17(15(21)8-11)25-23-13-2-1-3-14(10-13)24-26-18-7-5-12(20)9-16(18)22;2*1-2(3)4/h1-10H,19-22H2;2*1H3,(H,3,4). The van der Waals surface area contributed by atoms with Gasteiger partial charge in [0.25, 0.3) is 11.9 Å². The van der Waals surface area contributed by atoms with Gasteiger partial charge in [-0.2, -0.15) is 10.2 Å². The zero-order valence-electron chi connectivity index (χ0n) is 18.6. The first-order valence-electron chi connectivity index (χ1n) is 9.60. The Hall–Kier alpha value is -5.00. The van der Waals surface area contributed by atoms with Crippen molar-refractivity contribution in [1.82, 2.24) is 0 Å². The summed E-state index contributed by atoms with van der Waals surface area (Å²) in [5.74, 6) is -1.67. The van der Waals surface area contributed by atoms with Crippen molar-refractivity contribution in [3.8, 4) is 0 Å². The number of carboxylic acid groups (broad SMARTS) is 2. The summed E-state index contributed by atoms with van der Waals surface area (Å²) in [5, 5.41) is 31.5. The molecule has 0 aliphatic heterocycles. The van der Waals surface area contributed by atoms with E-state index in [-0.39, 0.29) is 0 Å². The van der Waals surface area contributed by atoms with Crippen LogP contribution in [0.1, 0.15) is 13.8 Å². The van der Waals surface area contributed by atoms with E-state index < -0.39 is 11.9 Å². The third-order valence-electron chi connectivity index (χ3n) is 3.48. The number of azo groups is 2. The van der Waals surface area contributed by atoms with E-state index >= 15 is 0 Å². The van der Waals surface area contributed by atoms with Crippen LogP contribution in [0.25, 0.3) is 0 Å². The number of anilines is 4. The van der Waals surface area contributed by atoms with Crippen LogP contribution in [-0.2, 0) is 9.59 Å². The molecule has 0 saturated heterocycles. The highest BCUT2D eigenvalue weighted by Crippen LogP contribution is 2.29. The van der Waals surface area contributed by atoms with E-state index in [2.05, 4.69) is 20.5 Å². The van der Waals surface area contributed by atoms with Crippen molar-refractivity contribution in [3.63, 3.8) is 0 Å². The predicted molar refractivity (Wildman–Crippen MR) is 132 cm³/mol. The molecule has 0 aromatic heterocycles. The quantitative estimate of drug-likeness (QED) is 0.225. The van der Waals surface area contributed by atoms with Crippen molar-refractivity contribution in [1.29, 1.82) is 0 Å². The lowest BCUT2D eigenvalue weighted by atomic mass is 10.2. The number of carboxylic acids is 2. The normalized spacial score (nSPS) is 10.2. The summed E-state index contributed by atoms with van der Waals surface area (Å²) < 4.78 is 0. The second kappa shape index (κ2) is 13.4. The topological polar surface area (TPSA) is 228 Å². The van der Waals surface area contributed by atoms with Gasteiger partial charge in [0.15, 0.2) is 0 Å². The van der Waals surface area contributed by atoms with Gasteiger partial charge >= 0.3 is 0 Å². The van der Waals surface area contributed by atoms with Crippen LogP contribution >= 0.6 is 0 Å². The molecule has 12 nitrogen and oxygen atoms in total. The van der Waals surface area contributed by atoms with E-state index in [0.717, 1.165) is 13.8 Å². The maximum Gasteiger partial charge on any atom is 0.300 e. The van der Waals surface area contributed by atoms with Gasteiger partial charge in [0.1, 0.15) is 11.4 Å². The molecule has 0 fully saturated rings. The van der Waals surface area contributed by atoms with E-state index in [9.17, 15) is 0 Å². The average molecular weight is 467 g/mol. The van der Waals surface area contributed by atoms with Gasteiger partial charge in [0.05, 0.1) is 22.7 Å². The molecular formula is C22H26N8O4. The summed E-state index contributed by atoms with van der Waals surface area (Å²) in [4.78, 5) is 18.0. The average Bonchev–Trinajstić information content (AvgIpc) is 2.72. The fourth-order valence-electron chi connectivity index (χ4n) is 2.17. The van der Waals surface area contributed by atoms with Crippen LogP contribution in [0.5, 0.6) is 0 Å². The minimum Gasteiger partial charge on any atom is -0.481 e. The number of aliphatic carboxylic acids is 2. The first-order chi connectivity index (χ1) is 16.0. The number of nitrogens with zero attached hydrogens (tertiary/aromatic N) is 4. The lowest BCUT2D eigenvalue weighted by Gasteiger charge is -2.01. The Morgan fingerprint density at radius 1 is 0.618 bits per heavy atom. The Kier molecular flexibility index (Phi) is 10.7. The van der Waals surface area contributed by atoms with Gasteiger partial charge in [-0.25, -0.2) is 0 Å². The molecule has 178 valence electrons. The molecule has 0 spiro atoms. The number of nitrogen functional groups attached to an aromatic ring is 4. The van der Waals surface area contributed by atoms with Crippen molar-refractivity contribution in [2.45, 2.75) is 13.8 Å². The Labute approximate surface area is 195 Å². The van der Waals surface area contributed by atoms with E-state index in [1.54, 1.807) is 60.7 Å². The molecule has 0 heterocycles. The van der Waals surface area contributed by atoms with Crippen molar-refractivity contribution >= 4 is 57.4 Å². The van der Waals surface area contributed by atoms with Gasteiger partial charge < -0.3 is 33.1 Å². The predicted octanol–water partition coefficient (Wildman–Crippen LogP) is 5.03. The molecule has 3 aromatic rings. The van der Waals surface area contributed by atoms with E-state index in [0.29, 0.717) is 45.5 Å². The van der Waals surface area contributed by atoms with Crippen LogP contribution in [0.3, 0.4) is 0 Å². The summed E-state index contributed by atoms with van der Waals surface area (Å²) >= 11 is 0. The first-order valence-corrected chi connectivity index (χ1v) is 9.60. The molecule has 3 rings (SSSR count). The molecular weight excluding hydrogens is 440 g/mol. The first kappa shape index (κ1) is 27.0. The SMILES string of the molecule is CC(=O)O.CC(=O)O.Nc1ccc(N=Nc2cccc(N=Nc3ccc(N)cc3N)c2)c(N)c1. The maximum atomic E-state index is 9.00. The van der Waals surface area contributed by atoms with Gasteiger partial charge in [-0.3, -0.25) is 9.59 Å². The van der Waals surface area contributed by atoms with Crippen molar-refractivity contribution < 1.29 is 19.8 Å². The number of nitrogens with two attached hydrogens (primary N) is 4. The van der Waals surface area contributed by atoms with Gasteiger partial charge in [-0.1, -0.05) is 6.07 Å². The highest BCUT2D eigenvalue weighted by Gasteiger charge is 2.00. The van der Waals surface area contributed by atoms with Gasteiger partial charge in [-0.15, -0.1) is 10.2 Å². The Balaban J connectivity index is 0.000000629. The molecule has 0 unspecified atom stereocenters. The smallest absolute Gasteiger partial charge is 0.300 e. The van der Waals surface area contributed by atoms with Crippen molar-refractivity contribution in [2.75, 3.05) is 22.9 Å². The van der Waals surface area contributed by atoms with Crippen molar-refractivity contribution in [3.05, 3.63) is 60.7 Å². The zero-order valence-corrected chi connectivity index (χ0v) is 18.6. The van der Waals surface area contributed by atoms with Crippen LogP contribution in [0.15, 0.2) is 81.1 Å². The molecule has 0 aliphatic carbocycles. The van der Waals surface area contributed by atoms with Gasteiger partial charge in [0, 0.05) is 25.2 Å². The highest BCUT2D eigenvalue weighted by molar-refractivity contribution is 5.68. The summed E-state index contributed by atoms with van der Waals surface area (Å²) in [6, 6.07) is 17.3.